The number of methoxy groups -OCH3 is 1. The summed E-state index contributed by atoms with van der Waals surface area (Å²) < 4.78 is 11.0. The predicted octanol–water partition coefficient (Wildman–Crippen LogP) is 4.74. The van der Waals surface area contributed by atoms with Crippen molar-refractivity contribution in [2.75, 3.05) is 13.7 Å². The van der Waals surface area contributed by atoms with Crippen LogP contribution in [-0.4, -0.2) is 13.7 Å². The van der Waals surface area contributed by atoms with Gasteiger partial charge in [-0.2, -0.15) is 0 Å². The Hall–Kier alpha value is -1.32. The quantitative estimate of drug-likeness (QED) is 0.538. The van der Waals surface area contributed by atoms with E-state index in [0.717, 1.165) is 17.7 Å². The van der Waals surface area contributed by atoms with Gasteiger partial charge in [-0.05, 0) is 18.1 Å². The summed E-state index contributed by atoms with van der Waals surface area (Å²) in [5, 5.41) is 0. The maximum Gasteiger partial charge on any atom is 0.124 e. The minimum Gasteiger partial charge on any atom is -0.496 e. The number of ether oxygens (including phenoxy) is 2. The summed E-state index contributed by atoms with van der Waals surface area (Å²) in [6.45, 7) is 1.29. The summed E-state index contributed by atoms with van der Waals surface area (Å²) in [6, 6.07) is 18.3. The Balaban J connectivity index is 1.76. The van der Waals surface area contributed by atoms with Gasteiger partial charge in [0.15, 0.2) is 0 Å². The third-order valence-corrected chi connectivity index (χ3v) is 4.11. The average Bonchev–Trinajstić information content (AvgIpc) is 2.52. The monoisotopic (exact) mass is 334 g/mol. The lowest BCUT2D eigenvalue weighted by Gasteiger charge is -2.12. The SMILES string of the molecule is COc1ccccc1COCCC(Br)c1ccccc1. The lowest BCUT2D eigenvalue weighted by molar-refractivity contribution is 0.116. The molecule has 0 fully saturated rings. The second-order valence-electron chi connectivity index (χ2n) is 4.53. The number of para-hydroxylation sites is 1. The van der Waals surface area contributed by atoms with Crippen LogP contribution in [0.3, 0.4) is 0 Å². The van der Waals surface area contributed by atoms with E-state index in [-0.39, 0.29) is 0 Å². The largest absolute Gasteiger partial charge is 0.496 e. The zero-order chi connectivity index (χ0) is 14.2. The molecule has 106 valence electrons. The van der Waals surface area contributed by atoms with Crippen molar-refractivity contribution in [2.45, 2.75) is 17.9 Å². The number of alkyl halides is 1. The van der Waals surface area contributed by atoms with Gasteiger partial charge in [0.2, 0.25) is 0 Å². The fourth-order valence-corrected chi connectivity index (χ4v) is 2.51. The normalized spacial score (nSPS) is 12.1. The minimum atomic E-state index is 0.335. The van der Waals surface area contributed by atoms with Gasteiger partial charge in [-0.15, -0.1) is 0 Å². The number of hydrogen-bond acceptors (Lipinski definition) is 2. The van der Waals surface area contributed by atoms with Crippen molar-refractivity contribution in [3.63, 3.8) is 0 Å². The van der Waals surface area contributed by atoms with Gasteiger partial charge >= 0.3 is 0 Å². The van der Waals surface area contributed by atoms with E-state index >= 15 is 0 Å². The fourth-order valence-electron chi connectivity index (χ4n) is 2.02. The Labute approximate surface area is 128 Å². The number of halogens is 1. The standard InChI is InChI=1S/C17H19BrO2/c1-19-17-10-6-5-9-15(17)13-20-12-11-16(18)14-7-3-2-4-8-14/h2-10,16H,11-13H2,1H3. The van der Waals surface area contributed by atoms with Gasteiger partial charge in [0, 0.05) is 17.0 Å². The molecular weight excluding hydrogens is 316 g/mol. The molecule has 2 nitrogen and oxygen atoms in total. The van der Waals surface area contributed by atoms with E-state index in [2.05, 4.69) is 40.2 Å². The summed E-state index contributed by atoms with van der Waals surface area (Å²) in [6.07, 6.45) is 0.944. The van der Waals surface area contributed by atoms with Gasteiger partial charge in [0.1, 0.15) is 5.75 Å². The van der Waals surface area contributed by atoms with E-state index in [1.165, 1.54) is 5.56 Å². The molecule has 0 saturated carbocycles. The summed E-state index contributed by atoms with van der Waals surface area (Å²) >= 11 is 3.70. The molecule has 1 unspecified atom stereocenters. The maximum atomic E-state index is 5.74. The molecule has 0 aliphatic heterocycles. The highest BCUT2D eigenvalue weighted by Crippen LogP contribution is 2.26. The Morgan fingerprint density at radius 3 is 2.45 bits per heavy atom. The van der Waals surface area contributed by atoms with E-state index in [1.54, 1.807) is 7.11 Å². The van der Waals surface area contributed by atoms with Gasteiger partial charge < -0.3 is 9.47 Å². The molecule has 0 N–H and O–H groups in total. The Morgan fingerprint density at radius 2 is 1.70 bits per heavy atom. The molecular formula is C17H19BrO2. The first-order valence-corrected chi connectivity index (χ1v) is 7.61. The number of hydrogen-bond donors (Lipinski definition) is 0. The molecule has 1 atom stereocenters. The second kappa shape index (κ2) is 8.08. The van der Waals surface area contributed by atoms with Crippen molar-refractivity contribution in [1.29, 1.82) is 0 Å². The van der Waals surface area contributed by atoms with Gasteiger partial charge in [0.25, 0.3) is 0 Å². The van der Waals surface area contributed by atoms with Crippen LogP contribution >= 0.6 is 15.9 Å². The van der Waals surface area contributed by atoms with Gasteiger partial charge in [-0.1, -0.05) is 64.5 Å². The molecule has 0 saturated heterocycles. The Kier molecular flexibility index (Phi) is 6.09. The van der Waals surface area contributed by atoms with Crippen molar-refractivity contribution >= 4 is 15.9 Å². The topological polar surface area (TPSA) is 18.5 Å². The zero-order valence-electron chi connectivity index (χ0n) is 11.6. The number of benzene rings is 2. The third kappa shape index (κ3) is 4.36. The molecule has 0 bridgehead atoms. The molecule has 2 rings (SSSR count). The van der Waals surface area contributed by atoms with Gasteiger partial charge in [-0.25, -0.2) is 0 Å². The van der Waals surface area contributed by atoms with Crippen LogP contribution in [0.1, 0.15) is 22.4 Å². The number of rotatable bonds is 7. The van der Waals surface area contributed by atoms with Crippen LogP contribution in [0.25, 0.3) is 0 Å². The molecule has 0 aliphatic carbocycles. The fraction of sp³-hybridized carbons (Fsp3) is 0.294. The van der Waals surface area contributed by atoms with Crippen LogP contribution < -0.4 is 4.74 Å². The molecule has 0 aromatic heterocycles. The molecule has 2 aromatic rings. The highest BCUT2D eigenvalue weighted by Gasteiger charge is 2.07. The molecule has 20 heavy (non-hydrogen) atoms. The molecule has 0 spiro atoms. The maximum absolute atomic E-state index is 5.74. The van der Waals surface area contributed by atoms with Crippen LogP contribution in [0, 0.1) is 0 Å². The summed E-state index contributed by atoms with van der Waals surface area (Å²) in [7, 11) is 1.68. The van der Waals surface area contributed by atoms with E-state index in [9.17, 15) is 0 Å². The average molecular weight is 335 g/mol. The third-order valence-electron chi connectivity index (χ3n) is 3.13. The lowest BCUT2D eigenvalue weighted by Crippen LogP contribution is -2.01. The van der Waals surface area contributed by atoms with E-state index < -0.39 is 0 Å². The van der Waals surface area contributed by atoms with Crippen molar-refractivity contribution in [3.05, 3.63) is 65.7 Å². The van der Waals surface area contributed by atoms with Gasteiger partial charge in [0.05, 0.1) is 13.7 Å². The van der Waals surface area contributed by atoms with Crippen molar-refractivity contribution in [2.24, 2.45) is 0 Å². The predicted molar refractivity (Wildman–Crippen MR) is 85.4 cm³/mol. The first-order chi connectivity index (χ1) is 9.81. The lowest BCUT2D eigenvalue weighted by atomic mass is 10.1. The summed E-state index contributed by atoms with van der Waals surface area (Å²) in [5.74, 6) is 0.881. The van der Waals surface area contributed by atoms with E-state index in [4.69, 9.17) is 9.47 Å². The molecule has 2 aromatic carbocycles. The molecule has 0 aliphatic rings. The van der Waals surface area contributed by atoms with E-state index in [0.29, 0.717) is 18.0 Å². The molecule has 0 radical (unpaired) electrons. The first kappa shape index (κ1) is 15.1. The van der Waals surface area contributed by atoms with Gasteiger partial charge in [-0.3, -0.25) is 0 Å². The zero-order valence-corrected chi connectivity index (χ0v) is 13.2. The highest BCUT2D eigenvalue weighted by atomic mass is 79.9. The molecule has 0 amide bonds. The van der Waals surface area contributed by atoms with Crippen molar-refractivity contribution in [3.8, 4) is 5.75 Å². The van der Waals surface area contributed by atoms with Crippen molar-refractivity contribution < 1.29 is 9.47 Å². The van der Waals surface area contributed by atoms with Crippen molar-refractivity contribution in [1.82, 2.24) is 0 Å². The van der Waals surface area contributed by atoms with Crippen LogP contribution in [-0.2, 0) is 11.3 Å². The van der Waals surface area contributed by atoms with Crippen LogP contribution in [0.15, 0.2) is 54.6 Å². The van der Waals surface area contributed by atoms with Crippen LogP contribution in [0.4, 0.5) is 0 Å². The van der Waals surface area contributed by atoms with Crippen LogP contribution in [0.2, 0.25) is 0 Å². The summed E-state index contributed by atoms with van der Waals surface area (Å²) in [4.78, 5) is 0.335. The second-order valence-corrected chi connectivity index (χ2v) is 5.64. The molecule has 0 heterocycles. The first-order valence-electron chi connectivity index (χ1n) is 6.70. The smallest absolute Gasteiger partial charge is 0.124 e. The molecule has 3 heteroatoms. The van der Waals surface area contributed by atoms with E-state index in [1.807, 2.05) is 30.3 Å². The Morgan fingerprint density at radius 1 is 1.00 bits per heavy atom. The highest BCUT2D eigenvalue weighted by molar-refractivity contribution is 9.09. The summed E-state index contributed by atoms with van der Waals surface area (Å²) in [5.41, 5.74) is 2.37. The Bertz CT molecular complexity index is 513. The minimum absolute atomic E-state index is 0.335. The van der Waals surface area contributed by atoms with Crippen LogP contribution in [0.5, 0.6) is 5.75 Å².